The van der Waals surface area contributed by atoms with Gasteiger partial charge in [0, 0.05) is 23.0 Å². The van der Waals surface area contributed by atoms with Crippen molar-refractivity contribution in [2.75, 3.05) is 12.4 Å². The van der Waals surface area contributed by atoms with Crippen LogP contribution in [0, 0.1) is 0 Å². The van der Waals surface area contributed by atoms with E-state index < -0.39 is 0 Å². The molecule has 1 aromatic rings. The summed E-state index contributed by atoms with van der Waals surface area (Å²) in [5.41, 5.74) is 5.69. The smallest absolute Gasteiger partial charge is 0.122 e. The average molecular weight is 294 g/mol. The minimum atomic E-state index is 0.292. The number of nitrogens with one attached hydrogen (secondary N) is 1. The minimum absolute atomic E-state index is 0.292. The van der Waals surface area contributed by atoms with Gasteiger partial charge in [-0.2, -0.15) is 11.8 Å². The van der Waals surface area contributed by atoms with Gasteiger partial charge < -0.3 is 4.74 Å². The highest BCUT2D eigenvalue weighted by molar-refractivity contribution is 8.00. The number of nitrogens with two attached hydrogens (primary N) is 1. The van der Waals surface area contributed by atoms with E-state index in [1.165, 1.54) is 11.1 Å². The molecular formula is C16H26N2OS. The monoisotopic (exact) mass is 294 g/mol. The van der Waals surface area contributed by atoms with Crippen molar-refractivity contribution < 1.29 is 4.74 Å². The Morgan fingerprint density at radius 1 is 1.40 bits per heavy atom. The van der Waals surface area contributed by atoms with E-state index in [1.54, 1.807) is 0 Å². The predicted molar refractivity (Wildman–Crippen MR) is 87.3 cm³/mol. The van der Waals surface area contributed by atoms with Crippen molar-refractivity contribution in [3.8, 4) is 5.75 Å². The number of rotatable bonds is 6. The third-order valence-corrected chi connectivity index (χ3v) is 4.92. The van der Waals surface area contributed by atoms with Crippen LogP contribution in [0.1, 0.15) is 38.3 Å². The van der Waals surface area contributed by atoms with E-state index in [1.807, 2.05) is 11.8 Å². The molecule has 0 amide bonds. The normalized spacial score (nSPS) is 15.8. The van der Waals surface area contributed by atoms with Crippen LogP contribution in [0.15, 0.2) is 18.2 Å². The number of ether oxygens (including phenoxy) is 1. The number of hydrogen-bond acceptors (Lipinski definition) is 4. The Labute approximate surface area is 126 Å². The van der Waals surface area contributed by atoms with E-state index in [4.69, 9.17) is 10.6 Å². The van der Waals surface area contributed by atoms with E-state index in [-0.39, 0.29) is 0 Å². The van der Waals surface area contributed by atoms with Gasteiger partial charge in [-0.15, -0.1) is 0 Å². The topological polar surface area (TPSA) is 47.3 Å². The zero-order chi connectivity index (χ0) is 14.6. The highest BCUT2D eigenvalue weighted by Crippen LogP contribution is 2.27. The van der Waals surface area contributed by atoms with Gasteiger partial charge in [0.2, 0.25) is 0 Å². The van der Waals surface area contributed by atoms with Crippen LogP contribution in [-0.2, 0) is 12.8 Å². The highest BCUT2D eigenvalue weighted by atomic mass is 32.2. The van der Waals surface area contributed by atoms with Crippen molar-refractivity contribution in [3.63, 3.8) is 0 Å². The van der Waals surface area contributed by atoms with Gasteiger partial charge in [-0.3, -0.25) is 11.3 Å². The maximum absolute atomic E-state index is 5.67. The zero-order valence-corrected chi connectivity index (χ0v) is 13.6. The molecule has 2 rings (SSSR count). The molecule has 112 valence electrons. The van der Waals surface area contributed by atoms with Gasteiger partial charge in [-0.05, 0) is 30.0 Å². The van der Waals surface area contributed by atoms with Crippen LogP contribution in [0.5, 0.6) is 5.75 Å². The molecule has 0 spiro atoms. The van der Waals surface area contributed by atoms with Crippen molar-refractivity contribution in [2.24, 2.45) is 5.84 Å². The number of benzene rings is 1. The van der Waals surface area contributed by atoms with Crippen molar-refractivity contribution in [1.82, 2.24) is 5.43 Å². The van der Waals surface area contributed by atoms with E-state index >= 15 is 0 Å². The Kier molecular flexibility index (Phi) is 5.35. The molecule has 0 saturated carbocycles. The first-order chi connectivity index (χ1) is 9.48. The fourth-order valence-corrected chi connectivity index (χ4v) is 3.27. The lowest BCUT2D eigenvalue weighted by Gasteiger charge is -2.22. The molecule has 4 heteroatoms. The third kappa shape index (κ3) is 4.69. The largest absolute Gasteiger partial charge is 0.493 e. The average Bonchev–Trinajstić information content (AvgIpc) is 2.85. The predicted octanol–water partition coefficient (Wildman–Crippen LogP) is 2.92. The van der Waals surface area contributed by atoms with Crippen LogP contribution < -0.4 is 16.0 Å². The standard InChI is InChI=1S/C16H26N2OS/c1-16(2,3)20-11-14(18-17)6-4-12-5-7-15-13(10-12)8-9-19-15/h5,7,10,14,18H,4,6,8-9,11,17H2,1-3H3. The summed E-state index contributed by atoms with van der Waals surface area (Å²) in [5.74, 6) is 7.78. The summed E-state index contributed by atoms with van der Waals surface area (Å²) in [4.78, 5) is 0. The summed E-state index contributed by atoms with van der Waals surface area (Å²) in [5, 5.41) is 0. The Hall–Kier alpha value is -0.710. The Balaban J connectivity index is 1.83. The van der Waals surface area contributed by atoms with Crippen molar-refractivity contribution >= 4 is 11.8 Å². The van der Waals surface area contributed by atoms with E-state index in [9.17, 15) is 0 Å². The fraction of sp³-hybridized carbons (Fsp3) is 0.625. The molecule has 1 aliphatic rings. The second-order valence-corrected chi connectivity index (χ2v) is 8.21. The third-order valence-electron chi connectivity index (χ3n) is 3.49. The van der Waals surface area contributed by atoms with Crippen LogP contribution in [0.4, 0.5) is 0 Å². The van der Waals surface area contributed by atoms with Crippen molar-refractivity contribution in [2.45, 2.75) is 50.8 Å². The summed E-state index contributed by atoms with van der Waals surface area (Å²) in [7, 11) is 0. The fourth-order valence-electron chi connectivity index (χ4n) is 2.30. The molecule has 0 saturated heterocycles. The Morgan fingerprint density at radius 2 is 2.20 bits per heavy atom. The number of thioether (sulfide) groups is 1. The molecule has 0 aromatic heterocycles. The van der Waals surface area contributed by atoms with Gasteiger partial charge in [-0.1, -0.05) is 32.9 Å². The van der Waals surface area contributed by atoms with Crippen LogP contribution >= 0.6 is 11.8 Å². The summed E-state index contributed by atoms with van der Waals surface area (Å²) in [6.07, 6.45) is 3.17. The van der Waals surface area contributed by atoms with Crippen molar-refractivity contribution in [3.05, 3.63) is 29.3 Å². The molecule has 1 heterocycles. The lowest BCUT2D eigenvalue weighted by atomic mass is 10.0. The summed E-state index contributed by atoms with van der Waals surface area (Å²) < 4.78 is 5.83. The number of aryl methyl sites for hydroxylation is 1. The van der Waals surface area contributed by atoms with E-state index in [2.05, 4.69) is 44.4 Å². The van der Waals surface area contributed by atoms with Crippen LogP contribution in [-0.4, -0.2) is 23.1 Å². The van der Waals surface area contributed by atoms with Gasteiger partial charge in [0.1, 0.15) is 5.75 Å². The van der Waals surface area contributed by atoms with Crippen LogP contribution in [0.3, 0.4) is 0 Å². The second-order valence-electron chi connectivity index (χ2n) is 6.37. The van der Waals surface area contributed by atoms with Gasteiger partial charge in [-0.25, -0.2) is 0 Å². The summed E-state index contributed by atoms with van der Waals surface area (Å²) >= 11 is 1.96. The molecule has 3 N–H and O–H groups in total. The molecule has 1 aromatic carbocycles. The second kappa shape index (κ2) is 6.83. The summed E-state index contributed by atoms with van der Waals surface area (Å²) in [6.45, 7) is 7.55. The van der Waals surface area contributed by atoms with Gasteiger partial charge in [0.05, 0.1) is 6.61 Å². The minimum Gasteiger partial charge on any atom is -0.493 e. The molecule has 0 radical (unpaired) electrons. The molecule has 1 aliphatic heterocycles. The maximum atomic E-state index is 5.67. The van der Waals surface area contributed by atoms with Crippen LogP contribution in [0.25, 0.3) is 0 Å². The molecule has 0 fully saturated rings. The van der Waals surface area contributed by atoms with Crippen LogP contribution in [0.2, 0.25) is 0 Å². The Morgan fingerprint density at radius 3 is 2.90 bits per heavy atom. The molecule has 0 bridgehead atoms. The summed E-state index contributed by atoms with van der Waals surface area (Å²) in [6, 6.07) is 6.93. The van der Waals surface area contributed by atoms with Gasteiger partial charge in [0.25, 0.3) is 0 Å². The number of hydrazine groups is 1. The molecule has 1 atom stereocenters. The molecule has 20 heavy (non-hydrogen) atoms. The SMILES string of the molecule is CC(C)(C)SCC(CCc1ccc2c(c1)CCO2)NN. The molecule has 0 aliphatic carbocycles. The quantitative estimate of drug-likeness (QED) is 0.625. The Bertz CT molecular complexity index is 443. The van der Waals surface area contributed by atoms with Crippen molar-refractivity contribution in [1.29, 1.82) is 0 Å². The first-order valence-electron chi connectivity index (χ1n) is 7.32. The maximum Gasteiger partial charge on any atom is 0.122 e. The first-order valence-corrected chi connectivity index (χ1v) is 8.31. The number of hydrogen-bond donors (Lipinski definition) is 2. The molecule has 3 nitrogen and oxygen atoms in total. The highest BCUT2D eigenvalue weighted by Gasteiger charge is 2.16. The van der Waals surface area contributed by atoms with Gasteiger partial charge in [0.15, 0.2) is 0 Å². The molecular weight excluding hydrogens is 268 g/mol. The zero-order valence-electron chi connectivity index (χ0n) is 12.7. The van der Waals surface area contributed by atoms with E-state index in [0.29, 0.717) is 10.8 Å². The molecule has 1 unspecified atom stereocenters. The van der Waals surface area contributed by atoms with E-state index in [0.717, 1.165) is 37.4 Å². The lowest BCUT2D eigenvalue weighted by Crippen LogP contribution is -2.38. The lowest BCUT2D eigenvalue weighted by molar-refractivity contribution is 0.357. The number of fused-ring (bicyclic) bond motifs is 1. The first kappa shape index (κ1) is 15.7. The van der Waals surface area contributed by atoms with Gasteiger partial charge >= 0.3 is 0 Å².